The van der Waals surface area contributed by atoms with Crippen LogP contribution in [0.5, 0.6) is 5.88 Å². The van der Waals surface area contributed by atoms with Gasteiger partial charge in [-0.15, -0.1) is 0 Å². The van der Waals surface area contributed by atoms with Gasteiger partial charge in [0, 0.05) is 23.5 Å². The van der Waals surface area contributed by atoms with Crippen molar-refractivity contribution in [3.63, 3.8) is 0 Å². The highest BCUT2D eigenvalue weighted by Gasteiger charge is 2.32. The van der Waals surface area contributed by atoms with Crippen LogP contribution in [0.1, 0.15) is 46.5 Å². The molecule has 1 saturated carbocycles. The third kappa shape index (κ3) is 6.60. The molecule has 2 aromatic rings. The molecule has 6 nitrogen and oxygen atoms in total. The zero-order chi connectivity index (χ0) is 22.5. The summed E-state index contributed by atoms with van der Waals surface area (Å²) >= 11 is 1.61. The minimum Gasteiger partial charge on any atom is -0.481 e. The summed E-state index contributed by atoms with van der Waals surface area (Å²) in [4.78, 5) is 5.75. The zero-order valence-electron chi connectivity index (χ0n) is 18.7. The number of pyridine rings is 1. The Morgan fingerprint density at radius 1 is 1.06 bits per heavy atom. The monoisotopic (exact) mass is 463 g/mol. The second kappa shape index (κ2) is 10.2. The summed E-state index contributed by atoms with van der Waals surface area (Å²) in [5.74, 6) is 1.10. The van der Waals surface area contributed by atoms with E-state index in [1.165, 1.54) is 0 Å². The largest absolute Gasteiger partial charge is 0.481 e. The molecule has 0 spiro atoms. The Bertz CT molecular complexity index is 952. The third-order valence-corrected chi connectivity index (χ3v) is 8.83. The first-order valence-electron chi connectivity index (χ1n) is 10.7. The maximum absolute atomic E-state index is 12.4. The summed E-state index contributed by atoms with van der Waals surface area (Å²) in [6, 6.07) is 14.1. The number of nitrogens with one attached hydrogen (secondary N) is 2. The van der Waals surface area contributed by atoms with E-state index in [0.29, 0.717) is 11.8 Å². The first-order chi connectivity index (χ1) is 14.7. The van der Waals surface area contributed by atoms with Crippen molar-refractivity contribution in [1.82, 2.24) is 9.71 Å². The van der Waals surface area contributed by atoms with Gasteiger partial charge in [-0.25, -0.2) is 18.1 Å². The maximum atomic E-state index is 12.4. The Balaban J connectivity index is 1.57. The molecule has 1 heterocycles. The Morgan fingerprint density at radius 3 is 2.35 bits per heavy atom. The van der Waals surface area contributed by atoms with Crippen molar-refractivity contribution in [3.05, 3.63) is 42.5 Å². The van der Waals surface area contributed by atoms with Crippen LogP contribution in [0.2, 0.25) is 0 Å². The lowest BCUT2D eigenvalue weighted by Crippen LogP contribution is -2.46. The highest BCUT2D eigenvalue weighted by atomic mass is 32.2. The summed E-state index contributed by atoms with van der Waals surface area (Å²) in [5, 5.41) is 4.45. The Labute approximate surface area is 190 Å². The molecule has 31 heavy (non-hydrogen) atoms. The van der Waals surface area contributed by atoms with Crippen molar-refractivity contribution in [3.8, 4) is 5.88 Å². The van der Waals surface area contributed by atoms with Gasteiger partial charge in [0.2, 0.25) is 15.9 Å². The number of benzene rings is 1. The second-order valence-corrected chi connectivity index (χ2v) is 12.5. The Kier molecular flexibility index (Phi) is 7.88. The van der Waals surface area contributed by atoms with Crippen molar-refractivity contribution >= 4 is 27.5 Å². The van der Waals surface area contributed by atoms with Crippen LogP contribution in [0.25, 0.3) is 0 Å². The zero-order valence-corrected chi connectivity index (χ0v) is 20.4. The van der Waals surface area contributed by atoms with E-state index in [2.05, 4.69) is 27.2 Å². The third-order valence-electron chi connectivity index (χ3n) is 5.56. The topological polar surface area (TPSA) is 80.3 Å². The molecule has 3 rings (SSSR count). The number of aromatic nitrogens is 1. The van der Waals surface area contributed by atoms with Crippen LogP contribution in [-0.2, 0) is 10.0 Å². The standard InChI is InChI=1S/C23H33N3O3S2/c1-23(2,3)31(27,28)26-18-12-10-17(11-13-18)16-24-20-14-15-21(29-4)25-22(20)30-19-8-6-5-7-9-19/h5-9,14-15,17-18,24,26H,10-13,16H2,1-4H3/t17-,18-. The van der Waals surface area contributed by atoms with Crippen LogP contribution in [0.15, 0.2) is 52.4 Å². The lowest BCUT2D eigenvalue weighted by atomic mass is 9.86. The highest BCUT2D eigenvalue weighted by molar-refractivity contribution is 7.99. The normalized spacial score (nSPS) is 19.7. The number of hydrogen-bond acceptors (Lipinski definition) is 6. The number of hydrogen-bond donors (Lipinski definition) is 2. The molecule has 0 amide bonds. The number of methoxy groups -OCH3 is 1. The summed E-state index contributed by atoms with van der Waals surface area (Å²) < 4.78 is 32.3. The van der Waals surface area contributed by atoms with Crippen molar-refractivity contribution < 1.29 is 13.2 Å². The average Bonchev–Trinajstić information content (AvgIpc) is 2.73. The molecule has 1 fully saturated rings. The number of sulfonamides is 1. The van der Waals surface area contributed by atoms with E-state index in [-0.39, 0.29) is 6.04 Å². The molecule has 0 aliphatic heterocycles. The van der Waals surface area contributed by atoms with Crippen molar-refractivity contribution in [1.29, 1.82) is 0 Å². The van der Waals surface area contributed by atoms with Crippen LogP contribution < -0.4 is 14.8 Å². The first kappa shape index (κ1) is 23.9. The molecule has 0 atom stereocenters. The summed E-state index contributed by atoms with van der Waals surface area (Å²) in [6.07, 6.45) is 3.73. The minimum absolute atomic E-state index is 0.0346. The number of ether oxygens (including phenoxy) is 1. The van der Waals surface area contributed by atoms with Gasteiger partial charge in [0.1, 0.15) is 5.03 Å². The Hall–Kier alpha value is -1.77. The van der Waals surface area contributed by atoms with Gasteiger partial charge in [-0.1, -0.05) is 30.0 Å². The van der Waals surface area contributed by atoms with Gasteiger partial charge in [-0.3, -0.25) is 0 Å². The van der Waals surface area contributed by atoms with E-state index < -0.39 is 14.8 Å². The molecule has 1 aliphatic rings. The van der Waals surface area contributed by atoms with Crippen LogP contribution in [0, 0.1) is 5.92 Å². The van der Waals surface area contributed by atoms with E-state index in [1.807, 2.05) is 30.3 Å². The molecule has 0 unspecified atom stereocenters. The lowest BCUT2D eigenvalue weighted by molar-refractivity contribution is 0.322. The first-order valence-corrected chi connectivity index (χ1v) is 13.0. The molecular formula is C23H33N3O3S2. The molecule has 1 aromatic carbocycles. The average molecular weight is 464 g/mol. The van der Waals surface area contributed by atoms with Gasteiger partial charge < -0.3 is 10.1 Å². The molecule has 1 aromatic heterocycles. The van der Waals surface area contributed by atoms with E-state index in [1.54, 1.807) is 39.6 Å². The number of rotatable bonds is 8. The highest BCUT2D eigenvalue weighted by Crippen LogP contribution is 2.34. The second-order valence-electron chi connectivity index (χ2n) is 8.95. The van der Waals surface area contributed by atoms with E-state index in [4.69, 9.17) is 4.74 Å². The van der Waals surface area contributed by atoms with Crippen LogP contribution in [0.3, 0.4) is 0 Å². The van der Waals surface area contributed by atoms with Crippen molar-refractivity contribution in [2.45, 2.75) is 67.2 Å². The van der Waals surface area contributed by atoms with Crippen LogP contribution >= 0.6 is 11.8 Å². The van der Waals surface area contributed by atoms with Gasteiger partial charge in [0.05, 0.1) is 17.5 Å². The molecule has 1 aliphatic carbocycles. The molecule has 170 valence electrons. The van der Waals surface area contributed by atoms with Crippen LogP contribution in [0.4, 0.5) is 5.69 Å². The van der Waals surface area contributed by atoms with E-state index in [0.717, 1.165) is 47.8 Å². The fourth-order valence-corrected chi connectivity index (χ4v) is 5.41. The fraction of sp³-hybridized carbons (Fsp3) is 0.522. The fourth-order valence-electron chi connectivity index (χ4n) is 3.48. The minimum atomic E-state index is -3.30. The van der Waals surface area contributed by atoms with Gasteiger partial charge >= 0.3 is 0 Å². The summed E-state index contributed by atoms with van der Waals surface area (Å²) in [6.45, 7) is 6.05. The van der Waals surface area contributed by atoms with E-state index in [9.17, 15) is 8.42 Å². The van der Waals surface area contributed by atoms with Gasteiger partial charge in [0.25, 0.3) is 0 Å². The van der Waals surface area contributed by atoms with Gasteiger partial charge in [-0.2, -0.15) is 0 Å². The smallest absolute Gasteiger partial charge is 0.216 e. The van der Waals surface area contributed by atoms with Crippen molar-refractivity contribution in [2.24, 2.45) is 5.92 Å². The van der Waals surface area contributed by atoms with Crippen LogP contribution in [-0.4, -0.2) is 37.8 Å². The molecule has 8 heteroatoms. The van der Waals surface area contributed by atoms with E-state index >= 15 is 0 Å². The lowest BCUT2D eigenvalue weighted by Gasteiger charge is -2.31. The number of nitrogens with zero attached hydrogens (tertiary/aromatic N) is 1. The molecule has 0 radical (unpaired) electrons. The van der Waals surface area contributed by atoms with Crippen molar-refractivity contribution in [2.75, 3.05) is 19.0 Å². The number of anilines is 1. The predicted molar refractivity (Wildman–Crippen MR) is 127 cm³/mol. The Morgan fingerprint density at radius 2 is 1.74 bits per heavy atom. The summed E-state index contributed by atoms with van der Waals surface area (Å²) in [5.41, 5.74) is 0.991. The predicted octanol–water partition coefficient (Wildman–Crippen LogP) is 4.93. The SMILES string of the molecule is COc1ccc(NC[C@H]2CC[C@H](NS(=O)(=O)C(C)(C)C)CC2)c(Sc2ccccc2)n1. The molecular weight excluding hydrogens is 430 g/mol. The van der Waals surface area contributed by atoms with Gasteiger partial charge in [-0.05, 0) is 70.6 Å². The maximum Gasteiger partial charge on any atom is 0.216 e. The molecule has 2 N–H and O–H groups in total. The summed E-state index contributed by atoms with van der Waals surface area (Å²) in [7, 11) is -1.68. The molecule has 0 saturated heterocycles. The van der Waals surface area contributed by atoms with Gasteiger partial charge in [0.15, 0.2) is 0 Å². The molecule has 0 bridgehead atoms. The quantitative estimate of drug-likeness (QED) is 0.578.